The van der Waals surface area contributed by atoms with Gasteiger partial charge in [0.25, 0.3) is 5.91 Å². The Bertz CT molecular complexity index is 774. The molecule has 0 radical (unpaired) electrons. The predicted molar refractivity (Wildman–Crippen MR) is 95.1 cm³/mol. The molecule has 1 aliphatic heterocycles. The fraction of sp³-hybridized carbons (Fsp3) is 0.412. The molecule has 0 unspecified atom stereocenters. The van der Waals surface area contributed by atoms with Crippen molar-refractivity contribution in [2.75, 3.05) is 5.75 Å². The highest BCUT2D eigenvalue weighted by Gasteiger charge is 2.16. The topological polar surface area (TPSA) is 88.9 Å². The van der Waals surface area contributed by atoms with Gasteiger partial charge in [-0.3, -0.25) is 20.4 Å². The maximum absolute atomic E-state index is 12.0. The first kappa shape index (κ1) is 17.5. The van der Waals surface area contributed by atoms with E-state index in [0.717, 1.165) is 42.4 Å². The number of fused-ring (bicyclic) bond motifs is 1. The smallest absolute Gasteiger partial charge is 0.269 e. The molecule has 0 spiro atoms. The molecule has 0 bridgehead atoms. The van der Waals surface area contributed by atoms with Crippen LogP contribution in [-0.2, 0) is 17.8 Å². The third-order valence-electron chi connectivity index (χ3n) is 4.00. The summed E-state index contributed by atoms with van der Waals surface area (Å²) in [4.78, 5) is 24.0. The zero-order chi connectivity index (χ0) is 17.6. The van der Waals surface area contributed by atoms with Crippen molar-refractivity contribution in [3.63, 3.8) is 0 Å². The van der Waals surface area contributed by atoms with Gasteiger partial charge in [0.1, 0.15) is 5.82 Å². The summed E-state index contributed by atoms with van der Waals surface area (Å²) in [6.07, 6.45) is 4.37. The van der Waals surface area contributed by atoms with Crippen LogP contribution in [0.25, 0.3) is 0 Å². The van der Waals surface area contributed by atoms with E-state index < -0.39 is 0 Å². The van der Waals surface area contributed by atoms with Crippen LogP contribution < -0.4 is 10.9 Å². The summed E-state index contributed by atoms with van der Waals surface area (Å²) in [6.45, 7) is 2.81. The molecule has 2 amide bonds. The summed E-state index contributed by atoms with van der Waals surface area (Å²) in [7, 11) is 0. The Morgan fingerprint density at radius 2 is 2.08 bits per heavy atom. The Morgan fingerprint density at radius 3 is 2.92 bits per heavy atom. The minimum Gasteiger partial charge on any atom is -0.306 e. The molecule has 0 atom stereocenters. The summed E-state index contributed by atoms with van der Waals surface area (Å²) in [5.74, 6) is 0.551. The summed E-state index contributed by atoms with van der Waals surface area (Å²) in [5, 5.41) is 9.14. The van der Waals surface area contributed by atoms with Gasteiger partial charge in [-0.05, 0) is 31.9 Å². The van der Waals surface area contributed by atoms with Crippen LogP contribution in [0.3, 0.4) is 0 Å². The fourth-order valence-electron chi connectivity index (χ4n) is 2.72. The molecule has 2 aromatic rings. The van der Waals surface area contributed by atoms with Crippen molar-refractivity contribution in [3.05, 3.63) is 41.2 Å². The van der Waals surface area contributed by atoms with E-state index in [9.17, 15) is 9.59 Å². The molecule has 0 fully saturated rings. The first-order chi connectivity index (χ1) is 12.1. The van der Waals surface area contributed by atoms with Gasteiger partial charge in [-0.15, -0.1) is 10.2 Å². The molecule has 0 saturated carbocycles. The second-order valence-corrected chi connectivity index (χ2v) is 6.96. The third kappa shape index (κ3) is 4.60. The summed E-state index contributed by atoms with van der Waals surface area (Å²) >= 11 is 1.34. The van der Waals surface area contributed by atoms with Gasteiger partial charge >= 0.3 is 0 Å². The minimum absolute atomic E-state index is 0.173. The molecule has 1 aromatic carbocycles. The minimum atomic E-state index is -0.335. The second-order valence-electron chi connectivity index (χ2n) is 6.02. The molecule has 132 valence electrons. The Kier molecular flexibility index (Phi) is 5.70. The molecule has 8 heteroatoms. The van der Waals surface area contributed by atoms with Crippen LogP contribution >= 0.6 is 11.8 Å². The molecule has 0 aliphatic carbocycles. The predicted octanol–water partition coefficient (Wildman–Crippen LogP) is 1.87. The largest absolute Gasteiger partial charge is 0.306 e. The maximum Gasteiger partial charge on any atom is 0.269 e. The summed E-state index contributed by atoms with van der Waals surface area (Å²) < 4.78 is 2.09. The van der Waals surface area contributed by atoms with Crippen molar-refractivity contribution in [2.24, 2.45) is 0 Å². The van der Waals surface area contributed by atoms with E-state index in [1.165, 1.54) is 18.2 Å². The van der Waals surface area contributed by atoms with E-state index in [4.69, 9.17) is 0 Å². The van der Waals surface area contributed by atoms with Crippen LogP contribution in [0, 0.1) is 6.92 Å². The van der Waals surface area contributed by atoms with E-state index in [2.05, 4.69) is 25.6 Å². The van der Waals surface area contributed by atoms with Crippen LogP contribution in [0.15, 0.2) is 29.4 Å². The number of hydrazine groups is 1. The zero-order valence-corrected chi connectivity index (χ0v) is 14.9. The number of nitrogens with one attached hydrogen (secondary N) is 2. The van der Waals surface area contributed by atoms with Crippen LogP contribution in [0.4, 0.5) is 0 Å². The first-order valence-electron chi connectivity index (χ1n) is 8.34. The lowest BCUT2D eigenvalue weighted by Gasteiger charge is -2.08. The standard InChI is InChI=1S/C17H21N5O2S/c1-12-6-5-7-13(10-12)16(24)20-19-15(23)11-25-17-21-18-14-8-3-2-4-9-22(14)17/h5-7,10H,2-4,8-9,11H2,1H3,(H,19,23)(H,20,24). The molecule has 1 aromatic heterocycles. The Hall–Kier alpha value is -2.35. The van der Waals surface area contributed by atoms with Crippen LogP contribution in [-0.4, -0.2) is 32.3 Å². The normalized spacial score (nSPS) is 13.6. The van der Waals surface area contributed by atoms with Crippen molar-refractivity contribution in [2.45, 2.75) is 44.3 Å². The number of aromatic nitrogens is 3. The molecule has 1 aliphatic rings. The molecule has 7 nitrogen and oxygen atoms in total. The van der Waals surface area contributed by atoms with Gasteiger partial charge in [-0.25, -0.2) is 0 Å². The van der Waals surface area contributed by atoms with E-state index >= 15 is 0 Å². The van der Waals surface area contributed by atoms with Gasteiger partial charge in [-0.1, -0.05) is 35.9 Å². The summed E-state index contributed by atoms with van der Waals surface area (Å²) in [6, 6.07) is 7.18. The highest BCUT2D eigenvalue weighted by Crippen LogP contribution is 2.21. The molecule has 25 heavy (non-hydrogen) atoms. The summed E-state index contributed by atoms with van der Waals surface area (Å²) in [5.41, 5.74) is 6.37. The number of amides is 2. The van der Waals surface area contributed by atoms with Crippen molar-refractivity contribution in [1.82, 2.24) is 25.6 Å². The number of hydrogen-bond acceptors (Lipinski definition) is 5. The number of thioether (sulfide) groups is 1. The SMILES string of the molecule is Cc1cccc(C(=O)NNC(=O)CSc2nnc3n2CCCCC3)c1. The molecular formula is C17H21N5O2S. The average molecular weight is 359 g/mol. The van der Waals surface area contributed by atoms with Crippen molar-refractivity contribution in [1.29, 1.82) is 0 Å². The van der Waals surface area contributed by atoms with Gasteiger partial charge in [0.15, 0.2) is 5.16 Å². The van der Waals surface area contributed by atoms with Gasteiger partial charge < -0.3 is 4.57 Å². The quantitative estimate of drug-likeness (QED) is 0.643. The Labute approximate surface area is 150 Å². The molecule has 3 rings (SSSR count). The number of benzene rings is 1. The lowest BCUT2D eigenvalue weighted by atomic mass is 10.1. The van der Waals surface area contributed by atoms with E-state index in [0.29, 0.717) is 5.56 Å². The third-order valence-corrected chi connectivity index (χ3v) is 4.97. The monoisotopic (exact) mass is 359 g/mol. The average Bonchev–Trinajstić information content (AvgIpc) is 2.84. The Morgan fingerprint density at radius 1 is 1.20 bits per heavy atom. The van der Waals surface area contributed by atoms with Crippen molar-refractivity contribution < 1.29 is 9.59 Å². The van der Waals surface area contributed by atoms with Crippen LogP contribution in [0.2, 0.25) is 0 Å². The fourth-order valence-corrected chi connectivity index (χ4v) is 3.50. The van der Waals surface area contributed by atoms with Gasteiger partial charge in [0, 0.05) is 18.5 Å². The van der Waals surface area contributed by atoms with Crippen molar-refractivity contribution >= 4 is 23.6 Å². The zero-order valence-electron chi connectivity index (χ0n) is 14.1. The number of carbonyl (C=O) groups is 2. The lowest BCUT2D eigenvalue weighted by Crippen LogP contribution is -2.42. The number of rotatable bonds is 4. The number of nitrogens with zero attached hydrogens (tertiary/aromatic N) is 3. The molecule has 0 saturated heterocycles. The van der Waals surface area contributed by atoms with E-state index in [1.54, 1.807) is 18.2 Å². The maximum atomic E-state index is 12.0. The van der Waals surface area contributed by atoms with Crippen LogP contribution in [0.1, 0.15) is 41.0 Å². The van der Waals surface area contributed by atoms with Gasteiger partial charge in [-0.2, -0.15) is 0 Å². The highest BCUT2D eigenvalue weighted by atomic mass is 32.2. The second kappa shape index (κ2) is 8.15. The van der Waals surface area contributed by atoms with E-state index in [1.807, 2.05) is 13.0 Å². The molecule has 2 heterocycles. The highest BCUT2D eigenvalue weighted by molar-refractivity contribution is 7.99. The lowest BCUT2D eigenvalue weighted by molar-refractivity contribution is -0.119. The number of hydrogen-bond donors (Lipinski definition) is 2. The molecule has 2 N–H and O–H groups in total. The van der Waals surface area contributed by atoms with Gasteiger partial charge in [0.05, 0.1) is 5.75 Å². The Balaban J connectivity index is 1.49. The number of carbonyl (C=O) groups excluding carboxylic acids is 2. The van der Waals surface area contributed by atoms with Crippen LogP contribution in [0.5, 0.6) is 0 Å². The number of aryl methyl sites for hydroxylation is 2. The van der Waals surface area contributed by atoms with Gasteiger partial charge in [0.2, 0.25) is 5.91 Å². The van der Waals surface area contributed by atoms with E-state index in [-0.39, 0.29) is 17.6 Å². The first-order valence-corrected chi connectivity index (χ1v) is 9.33. The van der Waals surface area contributed by atoms with Crippen molar-refractivity contribution in [3.8, 4) is 0 Å². The molecular weight excluding hydrogens is 338 g/mol.